The van der Waals surface area contributed by atoms with Gasteiger partial charge in [-0.15, -0.1) is 0 Å². The molecule has 1 N–H and O–H groups in total. The highest BCUT2D eigenvalue weighted by molar-refractivity contribution is 7.99. The van der Waals surface area contributed by atoms with E-state index in [0.717, 1.165) is 16.2 Å². The molecule has 29 heavy (non-hydrogen) atoms. The van der Waals surface area contributed by atoms with Crippen molar-refractivity contribution in [2.24, 2.45) is 0 Å². The van der Waals surface area contributed by atoms with Crippen molar-refractivity contribution in [3.8, 4) is 5.75 Å². The number of aryl methyl sites for hydroxylation is 1. The van der Waals surface area contributed by atoms with E-state index in [1.165, 1.54) is 11.1 Å². The Kier molecular flexibility index (Phi) is 6.38. The number of furan rings is 1. The molecule has 0 saturated carbocycles. The standard InChI is InChI=1S/C24H27NO3S/c1-16-6-9-18(24(2,3)4)14-21(16)29-22-13-12-20(28-22)23(26)25-15-17-7-10-19(27-5)11-8-17/h6-14H,15H2,1-5H3,(H,25,26). The molecule has 0 unspecified atom stereocenters. The highest BCUT2D eigenvalue weighted by atomic mass is 32.2. The Morgan fingerprint density at radius 2 is 1.79 bits per heavy atom. The smallest absolute Gasteiger partial charge is 0.287 e. The summed E-state index contributed by atoms with van der Waals surface area (Å²) in [6.07, 6.45) is 0. The molecule has 0 spiro atoms. The topological polar surface area (TPSA) is 51.5 Å². The van der Waals surface area contributed by atoms with Gasteiger partial charge in [-0.1, -0.05) is 56.8 Å². The van der Waals surface area contributed by atoms with Crippen LogP contribution in [0, 0.1) is 6.92 Å². The van der Waals surface area contributed by atoms with Gasteiger partial charge in [-0.25, -0.2) is 0 Å². The Bertz CT molecular complexity index is 984. The average molecular weight is 410 g/mol. The van der Waals surface area contributed by atoms with Gasteiger partial charge in [0.2, 0.25) is 0 Å². The van der Waals surface area contributed by atoms with Gasteiger partial charge in [0.05, 0.1) is 7.11 Å². The van der Waals surface area contributed by atoms with E-state index in [1.54, 1.807) is 24.9 Å². The van der Waals surface area contributed by atoms with Crippen LogP contribution in [0.15, 0.2) is 69.0 Å². The maximum atomic E-state index is 12.4. The van der Waals surface area contributed by atoms with Crippen molar-refractivity contribution in [1.29, 1.82) is 0 Å². The highest BCUT2D eigenvalue weighted by Gasteiger charge is 2.17. The van der Waals surface area contributed by atoms with E-state index in [-0.39, 0.29) is 11.3 Å². The number of nitrogens with one attached hydrogen (secondary N) is 1. The second kappa shape index (κ2) is 8.78. The van der Waals surface area contributed by atoms with Crippen LogP contribution in [0.3, 0.4) is 0 Å². The lowest BCUT2D eigenvalue weighted by Crippen LogP contribution is -2.22. The molecule has 1 heterocycles. The molecule has 1 aromatic heterocycles. The van der Waals surface area contributed by atoms with Crippen molar-refractivity contribution in [3.05, 3.63) is 77.0 Å². The van der Waals surface area contributed by atoms with Crippen molar-refractivity contribution in [2.45, 2.75) is 49.6 Å². The summed E-state index contributed by atoms with van der Waals surface area (Å²) in [5.74, 6) is 0.872. The maximum Gasteiger partial charge on any atom is 0.287 e. The number of carbonyl (C=O) groups is 1. The largest absolute Gasteiger partial charge is 0.497 e. The molecule has 3 rings (SSSR count). The molecule has 3 aromatic rings. The maximum absolute atomic E-state index is 12.4. The molecule has 5 heteroatoms. The second-order valence-electron chi connectivity index (χ2n) is 7.98. The van der Waals surface area contributed by atoms with Crippen LogP contribution in [0.1, 0.15) is 48.0 Å². The minimum absolute atomic E-state index is 0.0820. The quantitative estimate of drug-likeness (QED) is 0.544. The molecule has 0 aliphatic carbocycles. The van der Waals surface area contributed by atoms with Gasteiger partial charge in [-0.05, 0) is 59.4 Å². The number of amides is 1. The van der Waals surface area contributed by atoms with Gasteiger partial charge in [0.15, 0.2) is 10.9 Å². The summed E-state index contributed by atoms with van der Waals surface area (Å²) in [4.78, 5) is 13.6. The monoisotopic (exact) mass is 409 g/mol. The van der Waals surface area contributed by atoms with Gasteiger partial charge in [-0.3, -0.25) is 4.79 Å². The zero-order valence-electron chi connectivity index (χ0n) is 17.5. The SMILES string of the molecule is COc1ccc(CNC(=O)c2ccc(Sc3cc(C(C)(C)C)ccc3C)o2)cc1. The molecule has 152 valence electrons. The van der Waals surface area contributed by atoms with Crippen LogP contribution >= 0.6 is 11.8 Å². The normalized spacial score (nSPS) is 11.3. The highest BCUT2D eigenvalue weighted by Crippen LogP contribution is 2.34. The first-order valence-corrected chi connectivity index (χ1v) is 10.4. The van der Waals surface area contributed by atoms with Crippen LogP contribution in [-0.4, -0.2) is 13.0 Å². The van der Waals surface area contributed by atoms with Crippen LogP contribution in [0.2, 0.25) is 0 Å². The molecule has 0 saturated heterocycles. The van der Waals surface area contributed by atoms with Gasteiger partial charge in [-0.2, -0.15) is 0 Å². The lowest BCUT2D eigenvalue weighted by Gasteiger charge is -2.20. The second-order valence-corrected chi connectivity index (χ2v) is 9.03. The van der Waals surface area contributed by atoms with E-state index in [2.05, 4.69) is 51.2 Å². The number of carbonyl (C=O) groups excluding carboxylic acids is 1. The minimum atomic E-state index is -0.229. The summed E-state index contributed by atoms with van der Waals surface area (Å²) in [6, 6.07) is 17.7. The van der Waals surface area contributed by atoms with Crippen LogP contribution in [0.25, 0.3) is 0 Å². The fraction of sp³-hybridized carbons (Fsp3) is 0.292. The number of methoxy groups -OCH3 is 1. The van der Waals surface area contributed by atoms with Crippen molar-refractivity contribution in [3.63, 3.8) is 0 Å². The average Bonchev–Trinajstić information content (AvgIpc) is 3.16. The van der Waals surface area contributed by atoms with Crippen LogP contribution in [0.4, 0.5) is 0 Å². The van der Waals surface area contributed by atoms with Crippen LogP contribution in [-0.2, 0) is 12.0 Å². The van der Waals surface area contributed by atoms with E-state index < -0.39 is 0 Å². The molecule has 0 radical (unpaired) electrons. The number of hydrogen-bond donors (Lipinski definition) is 1. The third-order valence-corrected chi connectivity index (χ3v) is 5.76. The summed E-state index contributed by atoms with van der Waals surface area (Å²) in [5.41, 5.74) is 3.54. The summed E-state index contributed by atoms with van der Waals surface area (Å²) in [5, 5.41) is 3.59. The molecule has 1 amide bonds. The number of hydrogen-bond acceptors (Lipinski definition) is 4. The van der Waals surface area contributed by atoms with Gasteiger partial charge >= 0.3 is 0 Å². The Hall–Kier alpha value is -2.66. The predicted molar refractivity (Wildman–Crippen MR) is 117 cm³/mol. The molecule has 4 nitrogen and oxygen atoms in total. The lowest BCUT2D eigenvalue weighted by atomic mass is 9.87. The molecule has 2 aromatic carbocycles. The van der Waals surface area contributed by atoms with Gasteiger partial charge < -0.3 is 14.5 Å². The zero-order chi connectivity index (χ0) is 21.0. The van der Waals surface area contributed by atoms with E-state index >= 15 is 0 Å². The fourth-order valence-electron chi connectivity index (χ4n) is 2.79. The Balaban J connectivity index is 1.65. The first-order chi connectivity index (χ1) is 13.8. The van der Waals surface area contributed by atoms with Crippen LogP contribution in [0.5, 0.6) is 5.75 Å². The Morgan fingerprint density at radius 3 is 2.45 bits per heavy atom. The van der Waals surface area contributed by atoms with E-state index in [1.807, 2.05) is 30.3 Å². The first-order valence-electron chi connectivity index (χ1n) is 9.56. The molecule has 0 aliphatic heterocycles. The predicted octanol–water partition coefficient (Wildman–Crippen LogP) is 5.98. The first kappa shape index (κ1) is 21.1. The lowest BCUT2D eigenvalue weighted by molar-refractivity contribution is 0.0918. The van der Waals surface area contributed by atoms with Crippen molar-refractivity contribution < 1.29 is 13.9 Å². The third-order valence-electron chi connectivity index (χ3n) is 4.68. The number of ether oxygens (including phenoxy) is 1. The third kappa shape index (κ3) is 5.45. The van der Waals surface area contributed by atoms with E-state index in [0.29, 0.717) is 17.4 Å². The van der Waals surface area contributed by atoms with E-state index in [4.69, 9.17) is 9.15 Å². The van der Waals surface area contributed by atoms with Crippen molar-refractivity contribution >= 4 is 17.7 Å². The summed E-state index contributed by atoms with van der Waals surface area (Å²) < 4.78 is 10.9. The Morgan fingerprint density at radius 1 is 1.07 bits per heavy atom. The summed E-state index contributed by atoms with van der Waals surface area (Å²) >= 11 is 1.54. The van der Waals surface area contributed by atoms with Gasteiger partial charge in [0, 0.05) is 11.4 Å². The summed E-state index contributed by atoms with van der Waals surface area (Å²) in [7, 11) is 1.63. The number of benzene rings is 2. The summed E-state index contributed by atoms with van der Waals surface area (Å²) in [6.45, 7) is 9.11. The zero-order valence-corrected chi connectivity index (χ0v) is 18.4. The molecular formula is C24H27NO3S. The molecule has 0 bridgehead atoms. The fourth-order valence-corrected chi connectivity index (χ4v) is 3.69. The van der Waals surface area contributed by atoms with Crippen LogP contribution < -0.4 is 10.1 Å². The Labute approximate surface area is 176 Å². The minimum Gasteiger partial charge on any atom is -0.497 e. The van der Waals surface area contributed by atoms with E-state index in [9.17, 15) is 4.79 Å². The van der Waals surface area contributed by atoms with Crippen molar-refractivity contribution in [1.82, 2.24) is 5.32 Å². The molecule has 0 atom stereocenters. The van der Waals surface area contributed by atoms with Crippen molar-refractivity contribution in [2.75, 3.05) is 7.11 Å². The molecule has 0 fully saturated rings. The van der Waals surface area contributed by atoms with Gasteiger partial charge in [0.1, 0.15) is 5.75 Å². The van der Waals surface area contributed by atoms with Gasteiger partial charge in [0.25, 0.3) is 5.91 Å². The molecular weight excluding hydrogens is 382 g/mol. The molecule has 0 aliphatic rings. The number of rotatable bonds is 6.